The molecule has 22 heavy (non-hydrogen) atoms. The molecule has 2 aromatic heterocycles. The summed E-state index contributed by atoms with van der Waals surface area (Å²) in [6, 6.07) is 0. The Morgan fingerprint density at radius 3 is 1.64 bits per heavy atom. The van der Waals surface area contributed by atoms with Crippen LogP contribution in [-0.4, -0.2) is 35.5 Å². The van der Waals surface area contributed by atoms with Crippen molar-refractivity contribution < 1.29 is 0 Å². The summed E-state index contributed by atoms with van der Waals surface area (Å²) in [5, 5.41) is 0. The Morgan fingerprint density at radius 2 is 1.23 bits per heavy atom. The number of aromatic amines is 2. The van der Waals surface area contributed by atoms with Crippen LogP contribution in [0, 0.1) is 13.8 Å². The average Bonchev–Trinajstić information content (AvgIpc) is 2.51. The van der Waals surface area contributed by atoms with Gasteiger partial charge in [0.25, 0.3) is 0 Å². The van der Waals surface area contributed by atoms with Crippen molar-refractivity contribution in [2.75, 3.05) is 13.1 Å². The minimum atomic E-state index is -0.0303. The Bertz CT molecular complexity index is 746. The van der Waals surface area contributed by atoms with Gasteiger partial charge in [-0.2, -0.15) is 0 Å². The number of pyridine rings is 2. The van der Waals surface area contributed by atoms with Gasteiger partial charge in [0.05, 0.1) is 24.2 Å². The van der Waals surface area contributed by atoms with Crippen LogP contribution in [0.25, 0.3) is 0 Å². The Kier molecular flexibility index (Phi) is 5.19. The van der Waals surface area contributed by atoms with Crippen LogP contribution in [0.2, 0.25) is 0 Å². The predicted octanol–water partition coefficient (Wildman–Crippen LogP) is 1.22. The molecule has 114 valence electrons. The first kappa shape index (κ1) is 15.6. The summed E-state index contributed by atoms with van der Waals surface area (Å²) in [4.78, 5) is 37.7. The third-order valence-corrected chi connectivity index (χ3v) is 3.14. The van der Waals surface area contributed by atoms with Gasteiger partial charge in [0.15, 0.2) is 10.9 Å². The largest absolute Gasteiger partial charge is 0.367 e. The maximum Gasteiger partial charge on any atom is 0.193 e. The van der Waals surface area contributed by atoms with E-state index in [9.17, 15) is 9.59 Å². The summed E-state index contributed by atoms with van der Waals surface area (Å²) >= 11 is 0. The number of nitrogens with one attached hydrogen (secondary N) is 2. The molecule has 0 fully saturated rings. The highest BCUT2D eigenvalue weighted by atomic mass is 16.1. The van der Waals surface area contributed by atoms with Crippen molar-refractivity contribution in [1.82, 2.24) is 9.97 Å². The summed E-state index contributed by atoms with van der Waals surface area (Å²) in [6.07, 6.45) is 9.64. The second-order valence-electron chi connectivity index (χ2n) is 4.92. The Labute approximate surface area is 127 Å². The summed E-state index contributed by atoms with van der Waals surface area (Å²) in [5.41, 5.74) is 2.30. The van der Waals surface area contributed by atoms with Crippen LogP contribution >= 0.6 is 0 Å². The molecule has 0 saturated carbocycles. The highest BCUT2D eigenvalue weighted by Crippen LogP contribution is 1.90. The minimum Gasteiger partial charge on any atom is -0.367 e. The summed E-state index contributed by atoms with van der Waals surface area (Å²) in [5.74, 6) is 0. The lowest BCUT2D eigenvalue weighted by molar-refractivity contribution is 0.983. The lowest BCUT2D eigenvalue weighted by atomic mass is 10.2. The number of aromatic nitrogens is 2. The minimum absolute atomic E-state index is 0.0303. The van der Waals surface area contributed by atoms with Gasteiger partial charge in [0.2, 0.25) is 0 Å². The number of aryl methyl sites for hydroxylation is 2. The highest BCUT2D eigenvalue weighted by Gasteiger charge is 1.98. The number of hydrogen-bond acceptors (Lipinski definition) is 4. The van der Waals surface area contributed by atoms with Crippen molar-refractivity contribution in [3.05, 3.63) is 67.5 Å². The number of hydrogen-bond donors (Lipinski definition) is 2. The van der Waals surface area contributed by atoms with Crippen LogP contribution in [0.3, 0.4) is 0 Å². The maximum absolute atomic E-state index is 11.8. The van der Waals surface area contributed by atoms with Crippen molar-refractivity contribution >= 4 is 12.4 Å². The number of H-pyrrole nitrogens is 2. The Morgan fingerprint density at radius 1 is 0.818 bits per heavy atom. The van der Waals surface area contributed by atoms with Gasteiger partial charge < -0.3 is 9.97 Å². The maximum atomic E-state index is 11.8. The van der Waals surface area contributed by atoms with E-state index in [4.69, 9.17) is 0 Å². The lowest BCUT2D eigenvalue weighted by Crippen LogP contribution is -2.12. The first-order valence-electron chi connectivity index (χ1n) is 6.94. The zero-order valence-corrected chi connectivity index (χ0v) is 12.6. The van der Waals surface area contributed by atoms with Crippen molar-refractivity contribution in [2.45, 2.75) is 13.8 Å². The molecule has 0 aliphatic rings. The molecule has 0 atom stereocenters. The fourth-order valence-electron chi connectivity index (χ4n) is 1.86. The van der Waals surface area contributed by atoms with E-state index in [0.29, 0.717) is 35.3 Å². The third-order valence-electron chi connectivity index (χ3n) is 3.14. The molecule has 0 spiro atoms. The van der Waals surface area contributed by atoms with Crippen molar-refractivity contribution in [2.24, 2.45) is 9.98 Å². The Balaban J connectivity index is 1.92. The smallest absolute Gasteiger partial charge is 0.193 e. The second kappa shape index (κ2) is 7.31. The molecule has 0 saturated heterocycles. The van der Waals surface area contributed by atoms with Crippen molar-refractivity contribution in [3.63, 3.8) is 0 Å². The first-order valence-corrected chi connectivity index (χ1v) is 6.94. The quantitative estimate of drug-likeness (QED) is 0.642. The fourth-order valence-corrected chi connectivity index (χ4v) is 1.86. The summed E-state index contributed by atoms with van der Waals surface area (Å²) in [7, 11) is 0. The second-order valence-corrected chi connectivity index (χ2v) is 4.92. The molecule has 2 rings (SSSR count). The molecule has 0 unspecified atom stereocenters. The van der Waals surface area contributed by atoms with Crippen LogP contribution in [-0.2, 0) is 0 Å². The van der Waals surface area contributed by atoms with E-state index in [2.05, 4.69) is 20.0 Å². The van der Waals surface area contributed by atoms with Gasteiger partial charge in [-0.3, -0.25) is 19.6 Å². The molecule has 0 radical (unpaired) electrons. The standard InChI is InChI=1S/C16H18N4O2/c1-11-5-19-9-13(15(11)21)7-17-3-4-18-8-14-10-20-6-12(2)16(14)22/h5-10H,3-4H2,1-2H3,(H,19,21)(H,20,22). The van der Waals surface area contributed by atoms with Gasteiger partial charge in [-0.25, -0.2) is 0 Å². The Hall–Kier alpha value is -2.76. The van der Waals surface area contributed by atoms with Crippen LogP contribution in [0.1, 0.15) is 22.3 Å². The van der Waals surface area contributed by atoms with E-state index in [1.807, 2.05) is 0 Å². The van der Waals surface area contributed by atoms with Crippen LogP contribution < -0.4 is 10.9 Å². The molecular formula is C16H18N4O2. The monoisotopic (exact) mass is 298 g/mol. The summed E-state index contributed by atoms with van der Waals surface area (Å²) in [6.45, 7) is 4.40. The fraction of sp³-hybridized carbons (Fsp3) is 0.250. The summed E-state index contributed by atoms with van der Waals surface area (Å²) < 4.78 is 0. The number of rotatable bonds is 5. The average molecular weight is 298 g/mol. The molecule has 6 heteroatoms. The van der Waals surface area contributed by atoms with Crippen LogP contribution in [0.5, 0.6) is 0 Å². The van der Waals surface area contributed by atoms with Gasteiger partial charge >= 0.3 is 0 Å². The van der Waals surface area contributed by atoms with Crippen LogP contribution in [0.4, 0.5) is 0 Å². The third kappa shape index (κ3) is 3.88. The molecule has 6 nitrogen and oxygen atoms in total. The van der Waals surface area contributed by atoms with E-state index < -0.39 is 0 Å². The highest BCUT2D eigenvalue weighted by molar-refractivity contribution is 5.80. The van der Waals surface area contributed by atoms with E-state index in [1.54, 1.807) is 51.1 Å². The molecular weight excluding hydrogens is 280 g/mol. The number of aliphatic imine (C=N–C) groups is 2. The van der Waals surface area contributed by atoms with E-state index in [0.717, 1.165) is 0 Å². The van der Waals surface area contributed by atoms with E-state index >= 15 is 0 Å². The zero-order valence-electron chi connectivity index (χ0n) is 12.6. The molecule has 0 aliphatic carbocycles. The molecule has 0 aliphatic heterocycles. The molecule has 2 aromatic rings. The van der Waals surface area contributed by atoms with Crippen molar-refractivity contribution in [1.29, 1.82) is 0 Å². The predicted molar refractivity (Wildman–Crippen MR) is 88.5 cm³/mol. The van der Waals surface area contributed by atoms with Gasteiger partial charge in [0.1, 0.15) is 0 Å². The van der Waals surface area contributed by atoms with Gasteiger partial charge in [-0.15, -0.1) is 0 Å². The molecule has 0 aromatic carbocycles. The van der Waals surface area contributed by atoms with E-state index in [-0.39, 0.29) is 10.9 Å². The lowest BCUT2D eigenvalue weighted by Gasteiger charge is -1.95. The normalized spacial score (nSPS) is 11.5. The van der Waals surface area contributed by atoms with E-state index in [1.165, 1.54) is 0 Å². The molecule has 2 heterocycles. The SMILES string of the molecule is Cc1c[nH]cc(C=NCCN=Cc2c[nH]cc(C)c2=O)c1=O. The molecule has 0 amide bonds. The number of nitrogens with zero attached hydrogens (tertiary/aromatic N) is 2. The molecule has 2 N–H and O–H groups in total. The first-order chi connectivity index (χ1) is 10.6. The van der Waals surface area contributed by atoms with Crippen LogP contribution in [0.15, 0.2) is 44.4 Å². The van der Waals surface area contributed by atoms with Gasteiger partial charge in [-0.05, 0) is 13.8 Å². The zero-order chi connectivity index (χ0) is 15.9. The van der Waals surface area contributed by atoms with Crippen molar-refractivity contribution in [3.8, 4) is 0 Å². The van der Waals surface area contributed by atoms with Gasteiger partial charge in [-0.1, -0.05) is 0 Å². The van der Waals surface area contributed by atoms with Gasteiger partial charge in [0, 0.05) is 48.3 Å². The molecule has 0 bridgehead atoms. The topological polar surface area (TPSA) is 90.4 Å².